The van der Waals surface area contributed by atoms with Crippen molar-refractivity contribution < 1.29 is 13.9 Å². The number of ether oxygens (including phenoxy) is 2. The Labute approximate surface area is 176 Å². The Morgan fingerprint density at radius 2 is 1.50 bits per heavy atom. The van der Waals surface area contributed by atoms with Crippen LogP contribution in [0.4, 0.5) is 0 Å². The summed E-state index contributed by atoms with van der Waals surface area (Å²) in [7, 11) is 1.67. The highest BCUT2D eigenvalue weighted by Gasteiger charge is 2.31. The molecular formula is C26H23NO3. The lowest BCUT2D eigenvalue weighted by Crippen LogP contribution is -1.94. The Morgan fingerprint density at radius 1 is 0.833 bits per heavy atom. The maximum Gasteiger partial charge on any atom is 0.198 e. The summed E-state index contributed by atoms with van der Waals surface area (Å²) >= 11 is 0. The molecule has 1 aliphatic carbocycles. The Kier molecular flexibility index (Phi) is 4.98. The van der Waals surface area contributed by atoms with Gasteiger partial charge in [-0.25, -0.2) is 4.98 Å². The van der Waals surface area contributed by atoms with Gasteiger partial charge in [-0.05, 0) is 66.9 Å². The van der Waals surface area contributed by atoms with E-state index in [9.17, 15) is 0 Å². The van der Waals surface area contributed by atoms with Crippen molar-refractivity contribution in [1.82, 2.24) is 4.98 Å². The van der Waals surface area contributed by atoms with E-state index in [4.69, 9.17) is 18.9 Å². The summed E-state index contributed by atoms with van der Waals surface area (Å²) in [6.45, 7) is 0.547. The van der Waals surface area contributed by atoms with Gasteiger partial charge in [-0.2, -0.15) is 0 Å². The second-order valence-corrected chi connectivity index (χ2v) is 7.53. The van der Waals surface area contributed by atoms with Crippen LogP contribution >= 0.6 is 0 Å². The molecule has 0 N–H and O–H groups in total. The summed E-state index contributed by atoms with van der Waals surface area (Å²) in [6, 6.07) is 26.1. The zero-order valence-electron chi connectivity index (χ0n) is 16.9. The molecule has 4 nitrogen and oxygen atoms in total. The predicted molar refractivity (Wildman–Crippen MR) is 117 cm³/mol. The van der Waals surface area contributed by atoms with Crippen LogP contribution in [0.25, 0.3) is 22.6 Å². The van der Waals surface area contributed by atoms with E-state index >= 15 is 0 Å². The first kappa shape index (κ1) is 18.5. The predicted octanol–water partition coefficient (Wildman–Crippen LogP) is 6.47. The first-order valence-corrected chi connectivity index (χ1v) is 10.2. The maximum atomic E-state index is 6.22. The molecule has 3 aromatic carbocycles. The lowest BCUT2D eigenvalue weighted by molar-refractivity contribution is 0.306. The summed E-state index contributed by atoms with van der Waals surface area (Å²) in [6.07, 6.45) is 2.29. The highest BCUT2D eigenvalue weighted by Crippen LogP contribution is 2.44. The van der Waals surface area contributed by atoms with Gasteiger partial charge in [0.15, 0.2) is 11.7 Å². The number of oxazole rings is 1. The van der Waals surface area contributed by atoms with Crippen molar-refractivity contribution in [2.45, 2.75) is 25.4 Å². The lowest BCUT2D eigenvalue weighted by atomic mass is 10.1. The standard InChI is InChI=1S/C26H23NO3/c1-28-22-13-9-19(10-14-22)24-25(30-26(27-24)21-7-8-21)20-11-15-23(16-12-20)29-17-18-5-3-2-4-6-18/h2-6,9-16,21H,7-8,17H2,1H3. The van der Waals surface area contributed by atoms with Crippen LogP contribution in [0.5, 0.6) is 11.5 Å². The molecule has 0 aliphatic heterocycles. The molecule has 1 fully saturated rings. The smallest absolute Gasteiger partial charge is 0.198 e. The molecule has 0 amide bonds. The summed E-state index contributed by atoms with van der Waals surface area (Å²) < 4.78 is 17.4. The third-order valence-corrected chi connectivity index (χ3v) is 5.30. The van der Waals surface area contributed by atoms with Crippen molar-refractivity contribution in [2.75, 3.05) is 7.11 Å². The van der Waals surface area contributed by atoms with Gasteiger partial charge in [0, 0.05) is 17.0 Å². The molecule has 5 rings (SSSR count). The van der Waals surface area contributed by atoms with Crippen LogP contribution in [0.15, 0.2) is 83.3 Å². The third kappa shape index (κ3) is 3.94. The van der Waals surface area contributed by atoms with Crippen molar-refractivity contribution in [1.29, 1.82) is 0 Å². The monoisotopic (exact) mass is 397 g/mol. The number of methoxy groups -OCH3 is 1. The molecule has 1 saturated carbocycles. The molecule has 1 heterocycles. The number of nitrogens with zero attached hydrogens (tertiary/aromatic N) is 1. The lowest BCUT2D eigenvalue weighted by Gasteiger charge is -2.07. The van der Waals surface area contributed by atoms with Crippen LogP contribution in [0.3, 0.4) is 0 Å². The minimum atomic E-state index is 0.448. The molecule has 4 aromatic rings. The van der Waals surface area contributed by atoms with Crippen molar-refractivity contribution in [3.63, 3.8) is 0 Å². The third-order valence-electron chi connectivity index (χ3n) is 5.30. The quantitative estimate of drug-likeness (QED) is 0.358. The molecule has 150 valence electrons. The molecule has 0 spiro atoms. The number of hydrogen-bond donors (Lipinski definition) is 0. The van der Waals surface area contributed by atoms with E-state index in [0.29, 0.717) is 12.5 Å². The Morgan fingerprint density at radius 3 is 2.17 bits per heavy atom. The molecule has 1 aliphatic rings. The molecule has 0 atom stereocenters. The number of hydrogen-bond acceptors (Lipinski definition) is 4. The molecule has 0 bridgehead atoms. The zero-order chi connectivity index (χ0) is 20.3. The largest absolute Gasteiger partial charge is 0.497 e. The summed E-state index contributed by atoms with van der Waals surface area (Å²) in [5, 5.41) is 0. The van der Waals surface area contributed by atoms with Crippen molar-refractivity contribution in [2.24, 2.45) is 0 Å². The van der Waals surface area contributed by atoms with E-state index in [0.717, 1.165) is 58.4 Å². The Bertz CT molecular complexity index is 1110. The number of benzene rings is 3. The Balaban J connectivity index is 1.41. The fourth-order valence-electron chi connectivity index (χ4n) is 3.43. The van der Waals surface area contributed by atoms with Gasteiger partial charge < -0.3 is 13.9 Å². The molecule has 0 radical (unpaired) electrons. The Hall–Kier alpha value is -3.53. The molecule has 30 heavy (non-hydrogen) atoms. The van der Waals surface area contributed by atoms with Gasteiger partial charge >= 0.3 is 0 Å². The van der Waals surface area contributed by atoms with E-state index in [1.165, 1.54) is 0 Å². The fraction of sp³-hybridized carbons (Fsp3) is 0.192. The highest BCUT2D eigenvalue weighted by molar-refractivity contribution is 5.77. The van der Waals surface area contributed by atoms with Crippen LogP contribution in [-0.2, 0) is 6.61 Å². The van der Waals surface area contributed by atoms with E-state index < -0.39 is 0 Å². The van der Waals surface area contributed by atoms with Gasteiger partial charge in [-0.3, -0.25) is 0 Å². The summed E-state index contributed by atoms with van der Waals surface area (Å²) in [4.78, 5) is 4.83. The van der Waals surface area contributed by atoms with Gasteiger partial charge in [-0.15, -0.1) is 0 Å². The second-order valence-electron chi connectivity index (χ2n) is 7.53. The van der Waals surface area contributed by atoms with Gasteiger partial charge in [0.25, 0.3) is 0 Å². The highest BCUT2D eigenvalue weighted by atomic mass is 16.5. The molecule has 4 heteroatoms. The van der Waals surface area contributed by atoms with Gasteiger partial charge in [-0.1, -0.05) is 30.3 Å². The van der Waals surface area contributed by atoms with Crippen LogP contribution < -0.4 is 9.47 Å². The SMILES string of the molecule is COc1ccc(-c2nc(C3CC3)oc2-c2ccc(OCc3ccccc3)cc2)cc1. The molecule has 0 unspecified atom stereocenters. The topological polar surface area (TPSA) is 44.5 Å². The van der Waals surface area contributed by atoms with Crippen LogP contribution in [-0.4, -0.2) is 12.1 Å². The maximum absolute atomic E-state index is 6.22. The number of rotatable bonds is 7. The normalized spacial score (nSPS) is 13.2. The van der Waals surface area contributed by atoms with Gasteiger partial charge in [0.2, 0.25) is 0 Å². The molecular weight excluding hydrogens is 374 g/mol. The first-order valence-electron chi connectivity index (χ1n) is 10.2. The average Bonchev–Trinajstić information content (AvgIpc) is 3.57. The van der Waals surface area contributed by atoms with Gasteiger partial charge in [0.05, 0.1) is 7.11 Å². The molecule has 0 saturated heterocycles. The van der Waals surface area contributed by atoms with E-state index in [1.807, 2.05) is 66.7 Å². The van der Waals surface area contributed by atoms with Crippen molar-refractivity contribution in [3.8, 4) is 34.1 Å². The summed E-state index contributed by atoms with van der Waals surface area (Å²) in [5.41, 5.74) is 4.03. The minimum Gasteiger partial charge on any atom is -0.497 e. The average molecular weight is 397 g/mol. The van der Waals surface area contributed by atoms with Crippen molar-refractivity contribution >= 4 is 0 Å². The fourth-order valence-corrected chi connectivity index (χ4v) is 3.43. The van der Waals surface area contributed by atoms with Gasteiger partial charge in [0.1, 0.15) is 23.8 Å². The van der Waals surface area contributed by atoms with E-state index in [1.54, 1.807) is 7.11 Å². The number of aromatic nitrogens is 1. The first-order chi connectivity index (χ1) is 14.8. The minimum absolute atomic E-state index is 0.448. The van der Waals surface area contributed by atoms with E-state index in [-0.39, 0.29) is 0 Å². The second kappa shape index (κ2) is 8.07. The zero-order valence-corrected chi connectivity index (χ0v) is 16.9. The van der Waals surface area contributed by atoms with Crippen LogP contribution in [0.2, 0.25) is 0 Å². The van der Waals surface area contributed by atoms with Crippen LogP contribution in [0.1, 0.15) is 30.2 Å². The summed E-state index contributed by atoms with van der Waals surface area (Å²) in [5.74, 6) is 3.74. The molecule has 1 aromatic heterocycles. The van der Waals surface area contributed by atoms with E-state index in [2.05, 4.69) is 12.1 Å². The van der Waals surface area contributed by atoms with Crippen LogP contribution in [0, 0.1) is 0 Å². The van der Waals surface area contributed by atoms with Crippen molar-refractivity contribution in [3.05, 3.63) is 90.3 Å².